The summed E-state index contributed by atoms with van der Waals surface area (Å²) in [5, 5.41) is 21.9. The van der Waals surface area contributed by atoms with Gasteiger partial charge in [-0.2, -0.15) is 5.10 Å². The van der Waals surface area contributed by atoms with Gasteiger partial charge in [-0.3, -0.25) is 4.68 Å². The molecule has 0 amide bonds. The van der Waals surface area contributed by atoms with Crippen LogP contribution >= 0.6 is 0 Å². The van der Waals surface area contributed by atoms with E-state index in [4.69, 9.17) is 10.0 Å². The monoisotopic (exact) mass is 220 g/mol. The van der Waals surface area contributed by atoms with Gasteiger partial charge in [0.1, 0.15) is 5.82 Å². The summed E-state index contributed by atoms with van der Waals surface area (Å²) in [6.45, 7) is 0.393. The fourth-order valence-corrected chi connectivity index (χ4v) is 1.50. The number of aromatic nitrogens is 2. The van der Waals surface area contributed by atoms with Crippen molar-refractivity contribution in [2.75, 3.05) is 0 Å². The molecule has 6 heteroatoms. The van der Waals surface area contributed by atoms with Gasteiger partial charge in [0.2, 0.25) is 0 Å². The Balaban J connectivity index is 2.27. The molecule has 0 radical (unpaired) electrons. The molecular weight excluding hydrogens is 210 g/mol. The summed E-state index contributed by atoms with van der Waals surface area (Å²) in [4.78, 5) is 0. The van der Waals surface area contributed by atoms with E-state index in [1.807, 2.05) is 0 Å². The van der Waals surface area contributed by atoms with Crippen LogP contribution in [0.2, 0.25) is 0 Å². The average molecular weight is 220 g/mol. The Morgan fingerprint density at radius 3 is 2.75 bits per heavy atom. The summed E-state index contributed by atoms with van der Waals surface area (Å²) in [7, 11) is -1.66. The van der Waals surface area contributed by atoms with E-state index in [1.165, 1.54) is 12.1 Å². The lowest BCUT2D eigenvalue weighted by atomic mass is 9.79. The van der Waals surface area contributed by atoms with Gasteiger partial charge in [0.05, 0.1) is 6.54 Å². The summed E-state index contributed by atoms with van der Waals surface area (Å²) in [6.07, 6.45) is 3.38. The first-order chi connectivity index (χ1) is 7.65. The molecule has 2 rings (SSSR count). The summed E-state index contributed by atoms with van der Waals surface area (Å²) in [6, 6.07) is 5.74. The third-order valence-electron chi connectivity index (χ3n) is 2.18. The number of hydrogen-bond acceptors (Lipinski definition) is 3. The van der Waals surface area contributed by atoms with Crippen molar-refractivity contribution in [1.29, 1.82) is 0 Å². The first-order valence-electron chi connectivity index (χ1n) is 4.78. The van der Waals surface area contributed by atoms with Crippen LogP contribution in [-0.2, 0) is 6.54 Å². The molecule has 2 aromatic rings. The largest absolute Gasteiger partial charge is 0.488 e. The highest BCUT2D eigenvalue weighted by molar-refractivity contribution is 6.58. The molecule has 16 heavy (non-hydrogen) atoms. The van der Waals surface area contributed by atoms with Crippen molar-refractivity contribution in [3.63, 3.8) is 0 Å². The van der Waals surface area contributed by atoms with Crippen LogP contribution in [0.25, 0.3) is 0 Å². The van der Waals surface area contributed by atoms with Gasteiger partial charge in [-0.05, 0) is 29.2 Å². The Hall–Kier alpha value is -1.66. The highest BCUT2D eigenvalue weighted by atomic mass is 19.1. The second-order valence-electron chi connectivity index (χ2n) is 3.47. The van der Waals surface area contributed by atoms with Crippen LogP contribution < -0.4 is 5.46 Å². The Morgan fingerprint density at radius 1 is 1.31 bits per heavy atom. The number of benzene rings is 1. The second kappa shape index (κ2) is 4.46. The molecule has 0 aliphatic carbocycles. The topological polar surface area (TPSA) is 58.3 Å². The van der Waals surface area contributed by atoms with Crippen LogP contribution in [0.4, 0.5) is 4.39 Å². The molecule has 0 aliphatic heterocycles. The maximum absolute atomic E-state index is 13.2. The van der Waals surface area contributed by atoms with Gasteiger partial charge in [-0.1, -0.05) is 6.07 Å². The zero-order chi connectivity index (χ0) is 11.5. The van der Waals surface area contributed by atoms with Crippen molar-refractivity contribution in [1.82, 2.24) is 9.78 Å². The SMILES string of the molecule is OB(O)c1cc(F)cc(Cn2cccn2)c1. The Kier molecular flexibility index (Phi) is 3.03. The van der Waals surface area contributed by atoms with E-state index in [9.17, 15) is 4.39 Å². The summed E-state index contributed by atoms with van der Waals surface area (Å²) >= 11 is 0. The predicted molar refractivity (Wildman–Crippen MR) is 57.6 cm³/mol. The van der Waals surface area contributed by atoms with Crippen molar-refractivity contribution in [2.24, 2.45) is 0 Å². The quantitative estimate of drug-likeness (QED) is 0.701. The Labute approximate surface area is 92.1 Å². The lowest BCUT2D eigenvalue weighted by Crippen LogP contribution is -2.30. The zero-order valence-electron chi connectivity index (χ0n) is 8.42. The molecule has 0 bridgehead atoms. The van der Waals surface area contributed by atoms with Crippen LogP contribution in [0.5, 0.6) is 0 Å². The lowest BCUT2D eigenvalue weighted by molar-refractivity contribution is 0.425. The summed E-state index contributed by atoms with van der Waals surface area (Å²) in [5.74, 6) is -0.493. The van der Waals surface area contributed by atoms with E-state index < -0.39 is 12.9 Å². The standard InChI is InChI=1S/C10H10BFN2O2/c12-10-5-8(4-9(6-10)11(15)16)7-14-3-1-2-13-14/h1-6,15-16H,7H2. The third kappa shape index (κ3) is 2.47. The fourth-order valence-electron chi connectivity index (χ4n) is 1.50. The Bertz CT molecular complexity index is 474. The van der Waals surface area contributed by atoms with Crippen LogP contribution in [0.3, 0.4) is 0 Å². The van der Waals surface area contributed by atoms with Gasteiger partial charge in [-0.15, -0.1) is 0 Å². The van der Waals surface area contributed by atoms with Gasteiger partial charge in [0.25, 0.3) is 0 Å². The van der Waals surface area contributed by atoms with Crippen LogP contribution in [0, 0.1) is 5.82 Å². The number of nitrogens with zero attached hydrogens (tertiary/aromatic N) is 2. The lowest BCUT2D eigenvalue weighted by Gasteiger charge is -2.05. The summed E-state index contributed by atoms with van der Waals surface area (Å²) < 4.78 is 14.8. The van der Waals surface area contributed by atoms with E-state index in [2.05, 4.69) is 5.10 Å². The van der Waals surface area contributed by atoms with Crippen molar-refractivity contribution in [2.45, 2.75) is 6.54 Å². The number of hydrogen-bond donors (Lipinski definition) is 2. The van der Waals surface area contributed by atoms with Crippen molar-refractivity contribution < 1.29 is 14.4 Å². The maximum atomic E-state index is 13.2. The smallest absolute Gasteiger partial charge is 0.423 e. The third-order valence-corrected chi connectivity index (χ3v) is 2.18. The summed E-state index contributed by atoms with van der Waals surface area (Å²) in [5.41, 5.74) is 0.772. The minimum Gasteiger partial charge on any atom is -0.423 e. The fraction of sp³-hybridized carbons (Fsp3) is 0.100. The molecule has 0 saturated carbocycles. The van der Waals surface area contributed by atoms with Crippen molar-refractivity contribution >= 4 is 12.6 Å². The minimum atomic E-state index is -1.66. The molecule has 1 aromatic carbocycles. The van der Waals surface area contributed by atoms with Gasteiger partial charge in [0, 0.05) is 12.4 Å². The van der Waals surface area contributed by atoms with Gasteiger partial charge in [-0.25, -0.2) is 4.39 Å². The van der Waals surface area contributed by atoms with Crippen molar-refractivity contribution in [3.05, 3.63) is 48.0 Å². The Morgan fingerprint density at radius 2 is 2.12 bits per heavy atom. The maximum Gasteiger partial charge on any atom is 0.488 e. The molecule has 1 heterocycles. The minimum absolute atomic E-state index is 0.141. The van der Waals surface area contributed by atoms with E-state index in [0.29, 0.717) is 12.1 Å². The molecule has 0 spiro atoms. The van der Waals surface area contributed by atoms with Crippen molar-refractivity contribution in [3.8, 4) is 0 Å². The van der Waals surface area contributed by atoms with E-state index in [1.54, 1.807) is 23.1 Å². The number of halogens is 1. The normalized spacial score (nSPS) is 10.4. The van der Waals surface area contributed by atoms with Crippen LogP contribution in [0.15, 0.2) is 36.7 Å². The molecule has 1 aromatic heterocycles. The van der Waals surface area contributed by atoms with E-state index >= 15 is 0 Å². The van der Waals surface area contributed by atoms with Crippen LogP contribution in [0.1, 0.15) is 5.56 Å². The highest BCUT2D eigenvalue weighted by Crippen LogP contribution is 2.04. The van der Waals surface area contributed by atoms with Crippen LogP contribution in [-0.4, -0.2) is 26.9 Å². The molecular formula is C10H10BFN2O2. The van der Waals surface area contributed by atoms with Gasteiger partial charge >= 0.3 is 7.12 Å². The van der Waals surface area contributed by atoms with Gasteiger partial charge < -0.3 is 10.0 Å². The molecule has 0 fully saturated rings. The first-order valence-corrected chi connectivity index (χ1v) is 4.78. The average Bonchev–Trinajstić information content (AvgIpc) is 2.69. The molecule has 0 saturated heterocycles. The molecule has 0 unspecified atom stereocenters. The number of rotatable bonds is 3. The molecule has 2 N–H and O–H groups in total. The van der Waals surface area contributed by atoms with E-state index in [0.717, 1.165) is 6.07 Å². The molecule has 0 aliphatic rings. The van der Waals surface area contributed by atoms with Gasteiger partial charge in [0.15, 0.2) is 0 Å². The molecule has 82 valence electrons. The molecule has 0 atom stereocenters. The predicted octanol–water partition coefficient (Wildman–Crippen LogP) is -0.250. The van der Waals surface area contributed by atoms with E-state index in [-0.39, 0.29) is 5.46 Å². The highest BCUT2D eigenvalue weighted by Gasteiger charge is 2.13. The second-order valence-corrected chi connectivity index (χ2v) is 3.47. The molecule has 4 nitrogen and oxygen atoms in total. The zero-order valence-corrected chi connectivity index (χ0v) is 8.42. The first kappa shape index (κ1) is 10.8.